The predicted molar refractivity (Wildman–Crippen MR) is 140 cm³/mol. The van der Waals surface area contributed by atoms with Crippen molar-refractivity contribution < 1.29 is 4.74 Å². The molecular formula is C27H30N8O. The van der Waals surface area contributed by atoms with Crippen molar-refractivity contribution in [3.8, 4) is 17.1 Å². The summed E-state index contributed by atoms with van der Waals surface area (Å²) in [7, 11) is 1.70. The molecule has 3 fully saturated rings. The first-order valence-electron chi connectivity index (χ1n) is 12.3. The highest BCUT2D eigenvalue weighted by molar-refractivity contribution is 5.61. The summed E-state index contributed by atoms with van der Waals surface area (Å²) in [6.45, 7) is 7.00. The molecule has 0 amide bonds. The molecule has 7 rings (SSSR count). The van der Waals surface area contributed by atoms with Gasteiger partial charge in [-0.3, -0.25) is 10.00 Å². The van der Waals surface area contributed by atoms with Gasteiger partial charge in [-0.25, -0.2) is 15.0 Å². The molecule has 9 nitrogen and oxygen atoms in total. The number of aryl methyl sites for hydroxylation is 2. The number of H-pyrrole nitrogens is 1. The van der Waals surface area contributed by atoms with Crippen LogP contribution in [0.3, 0.4) is 0 Å². The summed E-state index contributed by atoms with van der Waals surface area (Å²) in [6.07, 6.45) is 3.11. The average molecular weight is 483 g/mol. The molecule has 3 aliphatic heterocycles. The summed E-state index contributed by atoms with van der Waals surface area (Å²) in [5.74, 6) is 4.02. The first-order chi connectivity index (χ1) is 17.5. The number of hydrogen-bond donors (Lipinski definition) is 2. The highest BCUT2D eigenvalue weighted by Crippen LogP contribution is 2.37. The summed E-state index contributed by atoms with van der Waals surface area (Å²) < 4.78 is 5.28. The monoisotopic (exact) mass is 482 g/mol. The number of rotatable bonds is 7. The molecule has 0 saturated carbocycles. The number of ether oxygens (including phenoxy) is 1. The Morgan fingerprint density at radius 3 is 2.47 bits per heavy atom. The zero-order chi connectivity index (χ0) is 24.6. The van der Waals surface area contributed by atoms with Crippen molar-refractivity contribution in [2.45, 2.75) is 38.9 Å². The number of nitrogens with one attached hydrogen (secondary N) is 2. The van der Waals surface area contributed by atoms with Crippen LogP contribution >= 0.6 is 0 Å². The Balaban J connectivity index is 1.12. The van der Waals surface area contributed by atoms with Gasteiger partial charge in [0.15, 0.2) is 11.6 Å². The number of benzene rings is 1. The van der Waals surface area contributed by atoms with E-state index in [4.69, 9.17) is 14.7 Å². The lowest BCUT2D eigenvalue weighted by Gasteiger charge is -2.57. The minimum absolute atomic E-state index is 0.503. The molecule has 6 heterocycles. The van der Waals surface area contributed by atoms with Crippen LogP contribution in [0.25, 0.3) is 11.4 Å². The fraction of sp³-hybridized carbons (Fsp3) is 0.333. The zero-order valence-corrected chi connectivity index (χ0v) is 20.8. The highest BCUT2D eigenvalue weighted by Gasteiger charge is 2.45. The second kappa shape index (κ2) is 9.23. The Kier molecular flexibility index (Phi) is 5.77. The van der Waals surface area contributed by atoms with E-state index < -0.39 is 0 Å². The van der Waals surface area contributed by atoms with E-state index in [0.29, 0.717) is 23.7 Å². The van der Waals surface area contributed by atoms with E-state index in [1.807, 2.05) is 44.3 Å². The molecule has 2 unspecified atom stereocenters. The van der Waals surface area contributed by atoms with Crippen LogP contribution < -0.4 is 15.0 Å². The number of methoxy groups -OCH3 is 1. The van der Waals surface area contributed by atoms with Gasteiger partial charge in [0.25, 0.3) is 0 Å². The second-order valence-corrected chi connectivity index (χ2v) is 9.68. The van der Waals surface area contributed by atoms with Crippen LogP contribution in [-0.4, -0.2) is 62.3 Å². The number of hydrogen-bond acceptors (Lipinski definition) is 8. The smallest absolute Gasteiger partial charge is 0.163 e. The standard InChI is InChI=1S/C27H30N8O/c1-17-10-24(30-25-11-18(2)32-33-25)31-27(29-17)20-6-9-26(28-13-20)35-21-12-22(35)16-34(15-21)14-19-4-7-23(36-3)8-5-19/h4-11,13,21-22H,12,14-16H2,1-3H3,(H2,29,30,31,32,33). The van der Waals surface area contributed by atoms with Crippen molar-refractivity contribution in [3.05, 3.63) is 71.7 Å². The Labute approximate surface area is 210 Å². The predicted octanol–water partition coefficient (Wildman–Crippen LogP) is 4.09. The maximum absolute atomic E-state index is 5.28. The van der Waals surface area contributed by atoms with Gasteiger partial charge in [-0.1, -0.05) is 12.1 Å². The maximum Gasteiger partial charge on any atom is 0.163 e. The Morgan fingerprint density at radius 2 is 1.81 bits per heavy atom. The number of nitrogens with zero attached hydrogens (tertiary/aromatic N) is 6. The number of aromatic amines is 1. The lowest BCUT2D eigenvalue weighted by Crippen LogP contribution is -2.69. The Morgan fingerprint density at radius 1 is 1.00 bits per heavy atom. The van der Waals surface area contributed by atoms with Crippen LogP contribution in [0.2, 0.25) is 0 Å². The summed E-state index contributed by atoms with van der Waals surface area (Å²) >= 11 is 0. The van der Waals surface area contributed by atoms with Crippen LogP contribution in [0.5, 0.6) is 5.75 Å². The van der Waals surface area contributed by atoms with Crippen molar-refractivity contribution in [2.24, 2.45) is 0 Å². The quantitative estimate of drug-likeness (QED) is 0.407. The number of fused-ring (bicyclic) bond motifs is 2. The van der Waals surface area contributed by atoms with Gasteiger partial charge in [-0.05, 0) is 50.1 Å². The lowest BCUT2D eigenvalue weighted by atomic mass is 9.87. The molecule has 1 aromatic carbocycles. The van der Waals surface area contributed by atoms with E-state index in [1.54, 1.807) is 7.11 Å². The molecule has 9 heteroatoms. The van der Waals surface area contributed by atoms with E-state index in [2.05, 4.69) is 54.6 Å². The van der Waals surface area contributed by atoms with Crippen LogP contribution in [-0.2, 0) is 6.54 Å². The minimum atomic E-state index is 0.503. The minimum Gasteiger partial charge on any atom is -0.497 e. The van der Waals surface area contributed by atoms with Crippen LogP contribution in [0, 0.1) is 13.8 Å². The highest BCUT2D eigenvalue weighted by atomic mass is 16.5. The Hall–Kier alpha value is -3.98. The Bertz CT molecular complexity index is 1340. The van der Waals surface area contributed by atoms with Gasteiger partial charge in [-0.2, -0.15) is 5.10 Å². The third kappa shape index (κ3) is 4.49. The summed E-state index contributed by atoms with van der Waals surface area (Å²) in [5, 5.41) is 10.4. The topological polar surface area (TPSA) is 95.1 Å². The van der Waals surface area contributed by atoms with E-state index in [0.717, 1.165) is 54.0 Å². The van der Waals surface area contributed by atoms with E-state index in [9.17, 15) is 0 Å². The summed E-state index contributed by atoms with van der Waals surface area (Å²) in [5.41, 5.74) is 4.09. The van der Waals surface area contributed by atoms with Crippen LogP contribution in [0.4, 0.5) is 17.5 Å². The van der Waals surface area contributed by atoms with Crippen molar-refractivity contribution >= 4 is 17.5 Å². The molecule has 3 aromatic heterocycles. The molecule has 2 atom stereocenters. The molecule has 184 valence electrons. The second-order valence-electron chi connectivity index (χ2n) is 9.68. The summed E-state index contributed by atoms with van der Waals surface area (Å²) in [6, 6.07) is 17.4. The molecule has 0 radical (unpaired) electrons. The van der Waals surface area contributed by atoms with Crippen molar-refractivity contribution in [3.63, 3.8) is 0 Å². The number of aromatic nitrogens is 5. The molecule has 4 aromatic rings. The fourth-order valence-corrected chi connectivity index (χ4v) is 5.24. The van der Waals surface area contributed by atoms with Crippen LogP contribution in [0.1, 0.15) is 23.4 Å². The van der Waals surface area contributed by atoms with Crippen LogP contribution in [0.15, 0.2) is 54.7 Å². The van der Waals surface area contributed by atoms with Gasteiger partial charge in [0.1, 0.15) is 17.4 Å². The maximum atomic E-state index is 5.28. The molecule has 0 aliphatic carbocycles. The molecule has 2 bridgehead atoms. The van der Waals surface area contributed by atoms with Gasteiger partial charge in [0.05, 0.1) is 7.11 Å². The third-order valence-corrected chi connectivity index (χ3v) is 6.92. The lowest BCUT2D eigenvalue weighted by molar-refractivity contribution is 0.108. The van der Waals surface area contributed by atoms with Gasteiger partial charge in [0, 0.05) is 67.0 Å². The zero-order valence-electron chi connectivity index (χ0n) is 20.8. The SMILES string of the molecule is COc1ccc(CN2CC3CC(C2)N3c2ccc(-c3nc(C)cc(Nc4cc(C)[nH]n4)n3)cn2)cc1. The van der Waals surface area contributed by atoms with Crippen molar-refractivity contribution in [2.75, 3.05) is 30.4 Å². The van der Waals surface area contributed by atoms with E-state index in [1.165, 1.54) is 12.0 Å². The van der Waals surface area contributed by atoms with E-state index in [-0.39, 0.29) is 0 Å². The molecule has 0 spiro atoms. The van der Waals surface area contributed by atoms with Gasteiger partial charge in [-0.15, -0.1) is 0 Å². The molecule has 3 aliphatic rings. The largest absolute Gasteiger partial charge is 0.497 e. The molecule has 3 saturated heterocycles. The van der Waals surface area contributed by atoms with Gasteiger partial charge < -0.3 is 15.0 Å². The van der Waals surface area contributed by atoms with Crippen molar-refractivity contribution in [1.29, 1.82) is 0 Å². The molecule has 36 heavy (non-hydrogen) atoms. The first-order valence-corrected chi connectivity index (χ1v) is 12.3. The number of piperazine rings is 1. The normalized spacial score (nSPS) is 19.1. The number of piperidine rings is 1. The van der Waals surface area contributed by atoms with E-state index >= 15 is 0 Å². The third-order valence-electron chi connectivity index (χ3n) is 6.92. The molecular weight excluding hydrogens is 452 g/mol. The summed E-state index contributed by atoms with van der Waals surface area (Å²) in [4.78, 5) is 19.1. The first kappa shape index (κ1) is 22.5. The molecule has 2 N–H and O–H groups in total. The van der Waals surface area contributed by atoms with Gasteiger partial charge in [0.2, 0.25) is 0 Å². The average Bonchev–Trinajstić information content (AvgIpc) is 3.29. The van der Waals surface area contributed by atoms with Gasteiger partial charge >= 0.3 is 0 Å². The number of anilines is 3. The fourth-order valence-electron chi connectivity index (χ4n) is 5.24. The number of pyridine rings is 1. The van der Waals surface area contributed by atoms with Crippen molar-refractivity contribution in [1.82, 2.24) is 30.0 Å².